The predicted molar refractivity (Wildman–Crippen MR) is 122 cm³/mol. The first-order valence-corrected chi connectivity index (χ1v) is 12.8. The number of carbonyl (C=O) groups excluding carboxylic acids is 1. The zero-order chi connectivity index (χ0) is 22.4. The van der Waals surface area contributed by atoms with Gasteiger partial charge in [0.1, 0.15) is 6.10 Å². The summed E-state index contributed by atoms with van der Waals surface area (Å²) in [4.78, 5) is 11.6. The maximum absolute atomic E-state index is 11.6. The SMILES string of the molecule is CCOC(C)OC1CC[C@@]2(C)C(=CC[C@H]3[C@@H]4CC[C@H](C(C)OC(C)=O)[C@@]4(C)CC[C@@H]32)C1. The van der Waals surface area contributed by atoms with Crippen molar-refractivity contribution in [1.82, 2.24) is 0 Å². The first-order valence-electron chi connectivity index (χ1n) is 12.8. The monoisotopic (exact) mass is 432 g/mol. The van der Waals surface area contributed by atoms with Crippen molar-refractivity contribution in [2.24, 2.45) is 34.5 Å². The molecule has 0 spiro atoms. The molecule has 4 aliphatic carbocycles. The standard InChI is InChI=1S/C27H44O4/c1-7-29-19(4)31-21-12-14-26(5)20(16-21)8-9-22-24-11-10-23(17(2)30-18(3)28)27(24,6)15-13-25(22)26/h8,17,19,21-25H,7,9-16H2,1-6H3/t17?,19?,21?,22-,23+,24-,25-,26-,27+/m0/s1. The third-order valence-corrected chi connectivity index (χ3v) is 9.84. The van der Waals surface area contributed by atoms with Crippen LogP contribution in [0.15, 0.2) is 11.6 Å². The van der Waals surface area contributed by atoms with E-state index in [0.29, 0.717) is 29.5 Å². The molecular formula is C27H44O4. The Balaban J connectivity index is 1.49. The fourth-order valence-corrected chi connectivity index (χ4v) is 8.44. The number of carbonyl (C=O) groups is 1. The lowest BCUT2D eigenvalue weighted by Crippen LogP contribution is -2.51. The minimum atomic E-state index is -0.136. The van der Waals surface area contributed by atoms with Crippen molar-refractivity contribution in [3.8, 4) is 0 Å². The molecule has 4 heteroatoms. The van der Waals surface area contributed by atoms with E-state index >= 15 is 0 Å². The van der Waals surface area contributed by atoms with Gasteiger partial charge in [0.05, 0.1) is 6.10 Å². The molecule has 0 radical (unpaired) electrons. The van der Waals surface area contributed by atoms with Gasteiger partial charge in [-0.25, -0.2) is 0 Å². The topological polar surface area (TPSA) is 44.8 Å². The van der Waals surface area contributed by atoms with Gasteiger partial charge in [-0.2, -0.15) is 0 Å². The van der Waals surface area contributed by atoms with Crippen molar-refractivity contribution in [2.45, 2.75) is 111 Å². The number of hydrogen-bond donors (Lipinski definition) is 0. The molecule has 0 aromatic rings. The first-order chi connectivity index (χ1) is 14.7. The molecule has 4 nitrogen and oxygen atoms in total. The van der Waals surface area contributed by atoms with Crippen LogP contribution < -0.4 is 0 Å². The second-order valence-electron chi connectivity index (χ2n) is 11.3. The van der Waals surface area contributed by atoms with Crippen LogP contribution in [-0.2, 0) is 19.0 Å². The van der Waals surface area contributed by atoms with E-state index in [4.69, 9.17) is 14.2 Å². The van der Waals surface area contributed by atoms with Crippen LogP contribution >= 0.6 is 0 Å². The summed E-state index contributed by atoms with van der Waals surface area (Å²) in [6.45, 7) is 13.5. The average Bonchev–Trinajstić information content (AvgIpc) is 3.05. The highest BCUT2D eigenvalue weighted by molar-refractivity contribution is 5.66. The fourth-order valence-electron chi connectivity index (χ4n) is 8.44. The Hall–Kier alpha value is -0.870. The molecule has 0 N–H and O–H groups in total. The molecule has 0 heterocycles. The third kappa shape index (κ3) is 4.12. The molecular weight excluding hydrogens is 388 g/mol. The highest BCUT2D eigenvalue weighted by atomic mass is 16.7. The Bertz CT molecular complexity index is 701. The maximum atomic E-state index is 11.6. The summed E-state index contributed by atoms with van der Waals surface area (Å²) in [5.74, 6) is 2.70. The van der Waals surface area contributed by atoms with Crippen molar-refractivity contribution >= 4 is 5.97 Å². The van der Waals surface area contributed by atoms with Crippen LogP contribution in [0.4, 0.5) is 0 Å². The van der Waals surface area contributed by atoms with E-state index in [9.17, 15) is 4.79 Å². The predicted octanol–water partition coefficient (Wildman–Crippen LogP) is 6.28. The summed E-state index contributed by atoms with van der Waals surface area (Å²) in [5.41, 5.74) is 2.30. The minimum absolute atomic E-state index is 0.0363. The number of hydrogen-bond acceptors (Lipinski definition) is 4. The number of fused-ring (bicyclic) bond motifs is 5. The van der Waals surface area contributed by atoms with Gasteiger partial charge in [-0.3, -0.25) is 4.79 Å². The Labute approximate surface area is 189 Å². The molecule has 0 aromatic carbocycles. The number of ether oxygens (including phenoxy) is 3. The summed E-state index contributed by atoms with van der Waals surface area (Å²) in [7, 11) is 0. The summed E-state index contributed by atoms with van der Waals surface area (Å²) < 4.78 is 17.5. The van der Waals surface area contributed by atoms with E-state index in [0.717, 1.165) is 30.6 Å². The third-order valence-electron chi connectivity index (χ3n) is 9.84. The molecule has 4 aliphatic rings. The number of rotatable bonds is 6. The molecule has 0 saturated heterocycles. The molecule has 0 aliphatic heterocycles. The lowest BCUT2D eigenvalue weighted by atomic mass is 9.47. The van der Waals surface area contributed by atoms with Crippen LogP contribution in [-0.4, -0.2) is 31.1 Å². The fraction of sp³-hybridized carbons (Fsp3) is 0.889. The van der Waals surface area contributed by atoms with Gasteiger partial charge in [0.25, 0.3) is 0 Å². The molecule has 31 heavy (non-hydrogen) atoms. The second kappa shape index (κ2) is 8.82. The van der Waals surface area contributed by atoms with Crippen molar-refractivity contribution in [2.75, 3.05) is 6.61 Å². The zero-order valence-electron chi connectivity index (χ0n) is 20.6. The molecule has 4 rings (SSSR count). The van der Waals surface area contributed by atoms with Crippen LogP contribution in [0.25, 0.3) is 0 Å². The van der Waals surface area contributed by atoms with Gasteiger partial charge < -0.3 is 14.2 Å². The van der Waals surface area contributed by atoms with Crippen molar-refractivity contribution in [1.29, 1.82) is 0 Å². The smallest absolute Gasteiger partial charge is 0.302 e. The van der Waals surface area contributed by atoms with E-state index < -0.39 is 0 Å². The van der Waals surface area contributed by atoms with E-state index in [1.807, 2.05) is 13.8 Å². The van der Waals surface area contributed by atoms with Crippen LogP contribution in [0.5, 0.6) is 0 Å². The molecule has 9 atom stereocenters. The normalized spacial score (nSPS) is 43.8. The molecule has 0 aromatic heterocycles. The van der Waals surface area contributed by atoms with E-state index in [2.05, 4.69) is 26.8 Å². The number of esters is 1. The van der Waals surface area contributed by atoms with Gasteiger partial charge in [-0.15, -0.1) is 0 Å². The molecule has 0 amide bonds. The zero-order valence-corrected chi connectivity index (χ0v) is 20.6. The van der Waals surface area contributed by atoms with Crippen LogP contribution in [0.3, 0.4) is 0 Å². The number of allylic oxidation sites excluding steroid dienone is 1. The minimum Gasteiger partial charge on any atom is -0.463 e. The molecule has 176 valence electrons. The van der Waals surface area contributed by atoms with E-state index in [1.165, 1.54) is 38.5 Å². The first kappa shape index (κ1) is 23.3. The van der Waals surface area contributed by atoms with Crippen LogP contribution in [0.1, 0.15) is 92.9 Å². The van der Waals surface area contributed by atoms with Crippen molar-refractivity contribution < 1.29 is 19.0 Å². The van der Waals surface area contributed by atoms with Gasteiger partial charge in [0.2, 0.25) is 0 Å². The maximum Gasteiger partial charge on any atom is 0.302 e. The van der Waals surface area contributed by atoms with Crippen molar-refractivity contribution in [3.63, 3.8) is 0 Å². The van der Waals surface area contributed by atoms with Gasteiger partial charge in [0.15, 0.2) is 6.29 Å². The van der Waals surface area contributed by atoms with Gasteiger partial charge in [-0.05, 0) is 101 Å². The van der Waals surface area contributed by atoms with Gasteiger partial charge in [-0.1, -0.05) is 25.5 Å². The molecule has 3 fully saturated rings. The summed E-state index contributed by atoms with van der Waals surface area (Å²) in [5, 5.41) is 0. The Morgan fingerprint density at radius 2 is 1.90 bits per heavy atom. The van der Waals surface area contributed by atoms with E-state index in [-0.39, 0.29) is 18.4 Å². The van der Waals surface area contributed by atoms with Crippen LogP contribution in [0.2, 0.25) is 0 Å². The van der Waals surface area contributed by atoms with Crippen molar-refractivity contribution in [3.05, 3.63) is 11.6 Å². The quantitative estimate of drug-likeness (QED) is 0.281. The largest absolute Gasteiger partial charge is 0.463 e. The van der Waals surface area contributed by atoms with Crippen LogP contribution in [0, 0.1) is 34.5 Å². The second-order valence-corrected chi connectivity index (χ2v) is 11.3. The summed E-state index contributed by atoms with van der Waals surface area (Å²) in [6.07, 6.45) is 12.6. The van der Waals surface area contributed by atoms with Gasteiger partial charge in [0, 0.05) is 19.4 Å². The summed E-state index contributed by atoms with van der Waals surface area (Å²) >= 11 is 0. The molecule has 0 bridgehead atoms. The highest BCUT2D eigenvalue weighted by Gasteiger charge is 2.59. The Morgan fingerprint density at radius 3 is 2.61 bits per heavy atom. The average molecular weight is 433 g/mol. The lowest BCUT2D eigenvalue weighted by Gasteiger charge is -2.58. The van der Waals surface area contributed by atoms with E-state index in [1.54, 1.807) is 12.5 Å². The molecule has 3 saturated carbocycles. The highest BCUT2D eigenvalue weighted by Crippen LogP contribution is 2.66. The summed E-state index contributed by atoms with van der Waals surface area (Å²) in [6, 6.07) is 0. The Kier molecular flexibility index (Phi) is 6.63. The van der Waals surface area contributed by atoms with Gasteiger partial charge >= 0.3 is 5.97 Å². The Morgan fingerprint density at radius 1 is 1.13 bits per heavy atom. The molecule has 3 unspecified atom stereocenters. The lowest BCUT2D eigenvalue weighted by molar-refractivity contribution is -0.167.